The van der Waals surface area contributed by atoms with Crippen molar-refractivity contribution in [3.63, 3.8) is 0 Å². The molecular weight excluding hydrogens is 218 g/mol. The van der Waals surface area contributed by atoms with Crippen LogP contribution in [-0.2, 0) is 9.53 Å². The zero-order valence-corrected chi connectivity index (χ0v) is 11.4. The average molecular weight is 241 g/mol. The highest BCUT2D eigenvalue weighted by Crippen LogP contribution is 2.26. The molecule has 1 fully saturated rings. The van der Waals surface area contributed by atoms with Crippen LogP contribution in [0.4, 0.5) is 4.79 Å². The van der Waals surface area contributed by atoms with Gasteiger partial charge in [-0.15, -0.1) is 0 Å². The van der Waals surface area contributed by atoms with Gasteiger partial charge in [-0.3, -0.25) is 4.79 Å². The molecule has 4 nitrogen and oxygen atoms in total. The van der Waals surface area contributed by atoms with Gasteiger partial charge in [-0.05, 0) is 26.7 Å². The van der Waals surface area contributed by atoms with Crippen LogP contribution in [0.1, 0.15) is 41.0 Å². The third-order valence-corrected chi connectivity index (χ3v) is 3.03. The van der Waals surface area contributed by atoms with E-state index in [1.54, 1.807) is 4.90 Å². The van der Waals surface area contributed by atoms with E-state index in [-0.39, 0.29) is 23.7 Å². The summed E-state index contributed by atoms with van der Waals surface area (Å²) >= 11 is 0. The van der Waals surface area contributed by atoms with E-state index in [0.29, 0.717) is 19.5 Å². The van der Waals surface area contributed by atoms with Crippen molar-refractivity contribution in [2.24, 2.45) is 11.8 Å². The summed E-state index contributed by atoms with van der Waals surface area (Å²) in [5, 5.41) is 0. The van der Waals surface area contributed by atoms with E-state index in [1.165, 1.54) is 0 Å². The van der Waals surface area contributed by atoms with Gasteiger partial charge in [-0.1, -0.05) is 13.8 Å². The number of ketones is 1. The Morgan fingerprint density at radius 3 is 2.35 bits per heavy atom. The molecule has 0 N–H and O–H groups in total. The van der Waals surface area contributed by atoms with E-state index in [4.69, 9.17) is 4.74 Å². The predicted octanol–water partition coefficient (Wildman–Crippen LogP) is 2.47. The molecule has 0 aromatic heterocycles. The van der Waals surface area contributed by atoms with Gasteiger partial charge in [0.25, 0.3) is 0 Å². The van der Waals surface area contributed by atoms with Crippen LogP contribution in [0, 0.1) is 11.8 Å². The van der Waals surface area contributed by atoms with Gasteiger partial charge in [0.1, 0.15) is 11.4 Å². The molecule has 1 heterocycles. The molecule has 0 aliphatic carbocycles. The van der Waals surface area contributed by atoms with E-state index in [9.17, 15) is 9.59 Å². The van der Waals surface area contributed by atoms with E-state index < -0.39 is 5.60 Å². The van der Waals surface area contributed by atoms with E-state index >= 15 is 0 Å². The standard InChI is InChI=1S/C13H23NO3/c1-6-11(15)10-8-14(7-9(10)2)12(16)17-13(3,4)5/h9-10H,6-8H2,1-5H3. The maximum absolute atomic E-state index is 11.9. The number of amides is 1. The monoisotopic (exact) mass is 241 g/mol. The molecule has 2 atom stereocenters. The number of carbonyl (C=O) groups is 2. The molecule has 0 aromatic carbocycles. The van der Waals surface area contributed by atoms with Gasteiger partial charge in [-0.2, -0.15) is 0 Å². The van der Waals surface area contributed by atoms with Gasteiger partial charge in [0.2, 0.25) is 0 Å². The summed E-state index contributed by atoms with van der Waals surface area (Å²) in [5.74, 6) is 0.450. The Labute approximate surface area is 103 Å². The van der Waals surface area contributed by atoms with Crippen LogP contribution in [0.2, 0.25) is 0 Å². The first-order valence-corrected chi connectivity index (χ1v) is 6.25. The summed E-state index contributed by atoms with van der Waals surface area (Å²) < 4.78 is 5.31. The first kappa shape index (κ1) is 14.0. The first-order valence-electron chi connectivity index (χ1n) is 6.25. The molecule has 0 spiro atoms. The summed E-state index contributed by atoms with van der Waals surface area (Å²) in [5.41, 5.74) is -0.479. The van der Waals surface area contributed by atoms with Gasteiger partial charge in [0, 0.05) is 25.4 Å². The third-order valence-electron chi connectivity index (χ3n) is 3.03. The van der Waals surface area contributed by atoms with Gasteiger partial charge >= 0.3 is 6.09 Å². The lowest BCUT2D eigenvalue weighted by Gasteiger charge is -2.24. The number of hydrogen-bond acceptors (Lipinski definition) is 3. The molecule has 1 rings (SSSR count). The third kappa shape index (κ3) is 3.72. The molecule has 98 valence electrons. The molecule has 1 aliphatic rings. The molecule has 0 bridgehead atoms. The minimum Gasteiger partial charge on any atom is -0.444 e. The normalized spacial score (nSPS) is 24.9. The SMILES string of the molecule is CCC(=O)C1CN(C(=O)OC(C)(C)C)CC1C. The Bertz CT molecular complexity index is 306. The topological polar surface area (TPSA) is 46.6 Å². The van der Waals surface area contributed by atoms with Crippen LogP contribution in [0.25, 0.3) is 0 Å². The second-order valence-electron chi connectivity index (χ2n) is 5.79. The highest BCUT2D eigenvalue weighted by Gasteiger charge is 2.37. The maximum Gasteiger partial charge on any atom is 0.410 e. The number of ether oxygens (including phenoxy) is 1. The summed E-state index contributed by atoms with van der Waals surface area (Å²) in [6, 6.07) is 0. The highest BCUT2D eigenvalue weighted by atomic mass is 16.6. The van der Waals surface area contributed by atoms with Crippen molar-refractivity contribution in [1.82, 2.24) is 4.90 Å². The first-order chi connectivity index (χ1) is 7.74. The smallest absolute Gasteiger partial charge is 0.410 e. The van der Waals surface area contributed by atoms with Crippen LogP contribution in [-0.4, -0.2) is 35.5 Å². The van der Waals surface area contributed by atoms with Gasteiger partial charge in [-0.25, -0.2) is 4.79 Å². The highest BCUT2D eigenvalue weighted by molar-refractivity contribution is 5.82. The fraction of sp³-hybridized carbons (Fsp3) is 0.846. The van der Waals surface area contributed by atoms with Crippen LogP contribution in [0.5, 0.6) is 0 Å². The van der Waals surface area contributed by atoms with E-state index in [1.807, 2.05) is 34.6 Å². The van der Waals surface area contributed by atoms with Crippen molar-refractivity contribution in [3.05, 3.63) is 0 Å². The molecular formula is C13H23NO3. The summed E-state index contributed by atoms with van der Waals surface area (Å²) in [7, 11) is 0. The second kappa shape index (κ2) is 5.07. The number of likely N-dealkylation sites (tertiary alicyclic amines) is 1. The number of hydrogen-bond donors (Lipinski definition) is 0. The molecule has 0 radical (unpaired) electrons. The molecule has 0 saturated carbocycles. The fourth-order valence-corrected chi connectivity index (χ4v) is 2.12. The Kier molecular flexibility index (Phi) is 4.17. The maximum atomic E-state index is 11.9. The summed E-state index contributed by atoms with van der Waals surface area (Å²) in [6.07, 6.45) is 0.229. The minimum absolute atomic E-state index is 0.0208. The number of rotatable bonds is 2. The van der Waals surface area contributed by atoms with Crippen molar-refractivity contribution < 1.29 is 14.3 Å². The second-order valence-corrected chi connectivity index (χ2v) is 5.79. The van der Waals surface area contributed by atoms with Gasteiger partial charge in [0.15, 0.2) is 0 Å². The lowest BCUT2D eigenvalue weighted by Crippen LogP contribution is -2.35. The van der Waals surface area contributed by atoms with Gasteiger partial charge < -0.3 is 9.64 Å². The molecule has 0 aromatic rings. The Balaban J connectivity index is 2.60. The largest absolute Gasteiger partial charge is 0.444 e. The number of carbonyl (C=O) groups excluding carboxylic acids is 2. The van der Waals surface area contributed by atoms with Crippen molar-refractivity contribution in [3.8, 4) is 0 Å². The Morgan fingerprint density at radius 2 is 1.88 bits per heavy atom. The molecule has 17 heavy (non-hydrogen) atoms. The average Bonchev–Trinajstić information content (AvgIpc) is 2.57. The van der Waals surface area contributed by atoms with Gasteiger partial charge in [0.05, 0.1) is 0 Å². The van der Waals surface area contributed by atoms with Crippen LogP contribution in [0.15, 0.2) is 0 Å². The zero-order valence-electron chi connectivity index (χ0n) is 11.4. The van der Waals surface area contributed by atoms with Crippen LogP contribution < -0.4 is 0 Å². The summed E-state index contributed by atoms with van der Waals surface area (Å²) in [4.78, 5) is 25.2. The van der Waals surface area contributed by atoms with Crippen molar-refractivity contribution in [2.45, 2.75) is 46.6 Å². The lowest BCUT2D eigenvalue weighted by atomic mass is 9.92. The number of Topliss-reactive ketones (excluding diaryl/α,β-unsaturated/α-hetero) is 1. The molecule has 4 heteroatoms. The van der Waals surface area contributed by atoms with E-state index in [0.717, 1.165) is 0 Å². The van der Waals surface area contributed by atoms with Crippen molar-refractivity contribution >= 4 is 11.9 Å². The van der Waals surface area contributed by atoms with Crippen molar-refractivity contribution in [2.75, 3.05) is 13.1 Å². The van der Waals surface area contributed by atoms with E-state index in [2.05, 4.69) is 0 Å². The molecule has 1 saturated heterocycles. The van der Waals surface area contributed by atoms with Crippen LogP contribution >= 0.6 is 0 Å². The molecule has 1 amide bonds. The Morgan fingerprint density at radius 1 is 1.29 bits per heavy atom. The Hall–Kier alpha value is -1.06. The fourth-order valence-electron chi connectivity index (χ4n) is 2.12. The summed E-state index contributed by atoms with van der Waals surface area (Å²) in [6.45, 7) is 10.5. The predicted molar refractivity (Wildman–Crippen MR) is 65.8 cm³/mol. The number of nitrogens with zero attached hydrogens (tertiary/aromatic N) is 1. The molecule has 2 unspecified atom stereocenters. The van der Waals surface area contributed by atoms with Crippen LogP contribution in [0.3, 0.4) is 0 Å². The minimum atomic E-state index is -0.479. The quantitative estimate of drug-likeness (QED) is 0.746. The van der Waals surface area contributed by atoms with Crippen molar-refractivity contribution in [1.29, 1.82) is 0 Å². The molecule has 1 aliphatic heterocycles. The zero-order chi connectivity index (χ0) is 13.2. The lowest BCUT2D eigenvalue weighted by molar-refractivity contribution is -0.123.